The van der Waals surface area contributed by atoms with Gasteiger partial charge in [0, 0.05) is 18.2 Å². The van der Waals surface area contributed by atoms with Gasteiger partial charge in [0.15, 0.2) is 0 Å². The molecule has 0 bridgehead atoms. The van der Waals surface area contributed by atoms with E-state index in [-0.39, 0.29) is 6.04 Å². The number of halogens is 1. The van der Waals surface area contributed by atoms with Gasteiger partial charge in [-0.1, -0.05) is 12.1 Å². The van der Waals surface area contributed by atoms with E-state index in [2.05, 4.69) is 11.0 Å². The van der Waals surface area contributed by atoms with Crippen molar-refractivity contribution >= 4 is 11.8 Å². The molecular formula is C20H20FN3O2. The summed E-state index contributed by atoms with van der Waals surface area (Å²) in [4.78, 5) is 15.4. The maximum Gasteiger partial charge on any atom is 0.411 e. The Morgan fingerprint density at radius 1 is 1.38 bits per heavy atom. The molecule has 2 aromatic rings. The number of likely N-dealkylation sites (N-methyl/N-ethyl adjacent to an activating group) is 1. The Kier molecular flexibility index (Phi) is 5.19. The van der Waals surface area contributed by atoms with Crippen LogP contribution in [0.25, 0.3) is 11.1 Å². The van der Waals surface area contributed by atoms with Crippen molar-refractivity contribution in [3.05, 3.63) is 53.8 Å². The number of anilines is 1. The molecule has 1 amide bonds. The van der Waals surface area contributed by atoms with Crippen molar-refractivity contribution < 1.29 is 14.3 Å². The number of amides is 1. The van der Waals surface area contributed by atoms with Crippen LogP contribution in [0.2, 0.25) is 0 Å². The summed E-state index contributed by atoms with van der Waals surface area (Å²) in [6.07, 6.45) is 0.894. The third kappa shape index (κ3) is 3.68. The number of rotatable bonds is 4. The van der Waals surface area contributed by atoms with Gasteiger partial charge in [0.25, 0.3) is 0 Å². The molecule has 0 saturated carbocycles. The Morgan fingerprint density at radius 2 is 2.19 bits per heavy atom. The van der Waals surface area contributed by atoms with Gasteiger partial charge in [0.2, 0.25) is 0 Å². The summed E-state index contributed by atoms with van der Waals surface area (Å²) in [5.74, 6) is -0.450. The largest absolute Gasteiger partial charge is 0.465 e. The molecule has 5 nitrogen and oxygen atoms in total. The summed E-state index contributed by atoms with van der Waals surface area (Å²) in [7, 11) is 1.99. The van der Waals surface area contributed by atoms with Crippen LogP contribution in [0.5, 0.6) is 0 Å². The number of hydrogen-bond acceptors (Lipinski definition) is 3. The van der Waals surface area contributed by atoms with Gasteiger partial charge < -0.3 is 10.0 Å². The van der Waals surface area contributed by atoms with Crippen molar-refractivity contribution in [3.8, 4) is 17.2 Å². The van der Waals surface area contributed by atoms with Gasteiger partial charge in [0.1, 0.15) is 5.82 Å². The molecule has 2 aromatic carbocycles. The quantitative estimate of drug-likeness (QED) is 0.904. The lowest BCUT2D eigenvalue weighted by Crippen LogP contribution is -2.41. The first-order valence-electron chi connectivity index (χ1n) is 8.50. The van der Waals surface area contributed by atoms with Crippen LogP contribution in [0, 0.1) is 17.1 Å². The fraction of sp³-hybridized carbons (Fsp3) is 0.300. The Hall–Kier alpha value is -2.91. The highest BCUT2D eigenvalue weighted by Crippen LogP contribution is 2.33. The molecule has 3 rings (SSSR count). The number of nitriles is 1. The highest BCUT2D eigenvalue weighted by Gasteiger charge is 2.28. The second kappa shape index (κ2) is 7.54. The normalized spacial score (nSPS) is 17.0. The van der Waals surface area contributed by atoms with Crippen molar-refractivity contribution in [1.29, 1.82) is 5.26 Å². The minimum atomic E-state index is -1.07. The number of carboxylic acid groups (broad SMARTS) is 1. The summed E-state index contributed by atoms with van der Waals surface area (Å²) in [6, 6.07) is 13.0. The molecule has 134 valence electrons. The molecule has 0 unspecified atom stereocenters. The van der Waals surface area contributed by atoms with E-state index in [0.29, 0.717) is 28.9 Å². The second-order valence-corrected chi connectivity index (χ2v) is 6.52. The molecule has 1 saturated heterocycles. The maximum atomic E-state index is 13.9. The Labute approximate surface area is 151 Å². The predicted molar refractivity (Wildman–Crippen MR) is 97.6 cm³/mol. The van der Waals surface area contributed by atoms with Crippen LogP contribution in [0.1, 0.15) is 18.4 Å². The van der Waals surface area contributed by atoms with Crippen LogP contribution in [0.15, 0.2) is 42.5 Å². The number of likely N-dealkylation sites (tertiary alicyclic amines) is 1. The van der Waals surface area contributed by atoms with Crippen LogP contribution < -0.4 is 4.90 Å². The van der Waals surface area contributed by atoms with Gasteiger partial charge in [-0.3, -0.25) is 4.90 Å². The molecule has 6 heteroatoms. The number of nitrogens with zero attached hydrogens (tertiary/aromatic N) is 3. The van der Waals surface area contributed by atoms with Gasteiger partial charge in [-0.15, -0.1) is 0 Å². The number of carbonyl (C=O) groups is 1. The molecule has 1 atom stereocenters. The van der Waals surface area contributed by atoms with Gasteiger partial charge in [-0.25, -0.2) is 9.18 Å². The first kappa shape index (κ1) is 17.9. The predicted octanol–water partition coefficient (Wildman–Crippen LogP) is 3.94. The summed E-state index contributed by atoms with van der Waals surface area (Å²) in [5, 5.41) is 18.9. The second-order valence-electron chi connectivity index (χ2n) is 6.52. The van der Waals surface area contributed by atoms with Crippen molar-refractivity contribution in [1.82, 2.24) is 4.90 Å². The van der Waals surface area contributed by atoms with Crippen molar-refractivity contribution in [2.75, 3.05) is 25.0 Å². The number of hydrogen-bond donors (Lipinski definition) is 1. The monoisotopic (exact) mass is 353 g/mol. The van der Waals surface area contributed by atoms with Gasteiger partial charge in [-0.2, -0.15) is 5.26 Å². The van der Waals surface area contributed by atoms with Crippen LogP contribution >= 0.6 is 0 Å². The average molecular weight is 353 g/mol. The molecule has 1 aliphatic heterocycles. The van der Waals surface area contributed by atoms with Gasteiger partial charge in [0.05, 0.1) is 17.3 Å². The molecule has 0 radical (unpaired) electrons. The van der Waals surface area contributed by atoms with E-state index in [1.807, 2.05) is 7.05 Å². The highest BCUT2D eigenvalue weighted by molar-refractivity contribution is 5.93. The minimum absolute atomic E-state index is 0.134. The number of benzene rings is 2. The Bertz CT molecular complexity index is 862. The first-order valence-corrected chi connectivity index (χ1v) is 8.50. The van der Waals surface area contributed by atoms with E-state index in [1.165, 1.54) is 23.1 Å². The van der Waals surface area contributed by atoms with E-state index in [1.54, 1.807) is 24.3 Å². The third-order valence-electron chi connectivity index (χ3n) is 4.85. The van der Waals surface area contributed by atoms with Crippen LogP contribution in [-0.2, 0) is 0 Å². The van der Waals surface area contributed by atoms with E-state index in [0.717, 1.165) is 19.4 Å². The SMILES string of the molecule is CN1CCC[C@H]1CN(C(=O)O)c1ccc(F)cc1-c1cccc(C#N)c1. The van der Waals surface area contributed by atoms with Crippen molar-refractivity contribution in [2.24, 2.45) is 0 Å². The molecule has 1 aliphatic rings. The van der Waals surface area contributed by atoms with Gasteiger partial charge >= 0.3 is 6.09 Å². The van der Waals surface area contributed by atoms with Crippen LogP contribution in [-0.4, -0.2) is 42.3 Å². The fourth-order valence-corrected chi connectivity index (χ4v) is 3.43. The van der Waals surface area contributed by atoms with E-state index in [9.17, 15) is 14.3 Å². The van der Waals surface area contributed by atoms with Crippen molar-refractivity contribution in [2.45, 2.75) is 18.9 Å². The standard InChI is InChI=1S/C20H20FN3O2/c1-23-9-3-6-17(23)13-24(20(25)26)19-8-7-16(21)11-18(19)15-5-2-4-14(10-15)12-22/h2,4-5,7-8,10-11,17H,3,6,9,13H2,1H3,(H,25,26)/t17-/m0/s1. The van der Waals surface area contributed by atoms with Crippen LogP contribution in [0.4, 0.5) is 14.9 Å². The lowest BCUT2D eigenvalue weighted by Gasteiger charge is -2.28. The molecular weight excluding hydrogens is 333 g/mol. The molecule has 0 aliphatic carbocycles. The van der Waals surface area contributed by atoms with E-state index < -0.39 is 11.9 Å². The lowest BCUT2D eigenvalue weighted by molar-refractivity contribution is 0.198. The fourth-order valence-electron chi connectivity index (χ4n) is 3.43. The molecule has 1 fully saturated rings. The van der Waals surface area contributed by atoms with E-state index in [4.69, 9.17) is 5.26 Å². The first-order chi connectivity index (χ1) is 12.5. The van der Waals surface area contributed by atoms with Gasteiger partial charge in [-0.05, 0) is 62.3 Å². The smallest absolute Gasteiger partial charge is 0.411 e. The molecule has 1 N–H and O–H groups in total. The molecule has 26 heavy (non-hydrogen) atoms. The zero-order valence-corrected chi connectivity index (χ0v) is 14.5. The molecule has 1 heterocycles. The topological polar surface area (TPSA) is 67.6 Å². The minimum Gasteiger partial charge on any atom is -0.465 e. The zero-order chi connectivity index (χ0) is 18.7. The highest BCUT2D eigenvalue weighted by atomic mass is 19.1. The average Bonchev–Trinajstić information content (AvgIpc) is 3.04. The molecule has 0 spiro atoms. The maximum absolute atomic E-state index is 13.9. The van der Waals surface area contributed by atoms with Crippen LogP contribution in [0.3, 0.4) is 0 Å². The summed E-state index contributed by atoms with van der Waals surface area (Å²) in [5.41, 5.74) is 1.94. The third-order valence-corrected chi connectivity index (χ3v) is 4.85. The lowest BCUT2D eigenvalue weighted by atomic mass is 10.0. The summed E-state index contributed by atoms with van der Waals surface area (Å²) >= 11 is 0. The Balaban J connectivity index is 2.04. The Morgan fingerprint density at radius 3 is 2.85 bits per heavy atom. The zero-order valence-electron chi connectivity index (χ0n) is 14.5. The van der Waals surface area contributed by atoms with Crippen molar-refractivity contribution in [3.63, 3.8) is 0 Å². The summed E-state index contributed by atoms with van der Waals surface area (Å²) < 4.78 is 13.9. The molecule has 0 aromatic heterocycles. The van der Waals surface area contributed by atoms with E-state index >= 15 is 0 Å². The summed E-state index contributed by atoms with van der Waals surface area (Å²) in [6.45, 7) is 1.26.